The number of benzene rings is 1. The topological polar surface area (TPSA) is 64.4 Å². The molecule has 92 valence electrons. The summed E-state index contributed by atoms with van der Waals surface area (Å²) in [6, 6.07) is 3.35. The maximum atomic E-state index is 10.7. The number of hydrogen-bond donors (Lipinski definition) is 1. The first-order valence-corrected chi connectivity index (χ1v) is 5.74. The zero-order chi connectivity index (χ0) is 12.4. The van der Waals surface area contributed by atoms with Crippen molar-refractivity contribution in [3.63, 3.8) is 0 Å². The monoisotopic (exact) mass is 256 g/mol. The Morgan fingerprint density at radius 3 is 2.94 bits per heavy atom. The first-order chi connectivity index (χ1) is 8.08. The number of nitro groups is 1. The van der Waals surface area contributed by atoms with E-state index in [2.05, 4.69) is 5.32 Å². The van der Waals surface area contributed by atoms with Gasteiger partial charge >= 0.3 is 0 Å². The second kappa shape index (κ2) is 4.89. The van der Waals surface area contributed by atoms with Gasteiger partial charge in [0, 0.05) is 18.4 Å². The van der Waals surface area contributed by atoms with E-state index in [1.807, 2.05) is 6.92 Å². The average Bonchev–Trinajstić information content (AvgIpc) is 2.75. The van der Waals surface area contributed by atoms with Crippen LogP contribution in [0.4, 0.5) is 11.4 Å². The summed E-state index contributed by atoms with van der Waals surface area (Å²) < 4.78 is 5.26. The molecule has 2 rings (SSSR count). The van der Waals surface area contributed by atoms with Crippen molar-refractivity contribution in [2.45, 2.75) is 19.4 Å². The molecule has 0 saturated carbocycles. The molecule has 1 aromatic carbocycles. The molecule has 6 heteroatoms. The second-order valence-corrected chi connectivity index (χ2v) is 4.49. The fourth-order valence-corrected chi connectivity index (χ4v) is 2.06. The zero-order valence-corrected chi connectivity index (χ0v) is 10.2. The molecule has 1 saturated heterocycles. The van der Waals surface area contributed by atoms with Gasteiger partial charge in [-0.1, -0.05) is 11.6 Å². The average molecular weight is 257 g/mol. The molecule has 5 nitrogen and oxygen atoms in total. The normalized spacial score (nSPS) is 19.3. The molecule has 1 atom stereocenters. The van der Waals surface area contributed by atoms with E-state index in [4.69, 9.17) is 16.3 Å². The Morgan fingerprint density at radius 2 is 2.35 bits per heavy atom. The van der Waals surface area contributed by atoms with Crippen molar-refractivity contribution in [1.82, 2.24) is 0 Å². The molecular formula is C11H13ClN2O3. The highest BCUT2D eigenvalue weighted by atomic mass is 35.5. The summed E-state index contributed by atoms with van der Waals surface area (Å²) in [5.41, 5.74) is 1.58. The minimum absolute atomic E-state index is 0.0580. The number of ether oxygens (including phenoxy) is 1. The van der Waals surface area contributed by atoms with E-state index in [0.717, 1.165) is 24.3 Å². The summed E-state index contributed by atoms with van der Waals surface area (Å²) in [6.07, 6.45) is 0.939. The van der Waals surface area contributed by atoms with Crippen LogP contribution in [0.3, 0.4) is 0 Å². The second-order valence-electron chi connectivity index (χ2n) is 4.08. The summed E-state index contributed by atoms with van der Waals surface area (Å²) in [5.74, 6) is 0. The third-order valence-electron chi connectivity index (χ3n) is 2.78. The van der Waals surface area contributed by atoms with Crippen LogP contribution < -0.4 is 5.32 Å². The standard InChI is InChI=1S/C11H13ClN2O3/c1-7-4-11(14(15)16)9(12)5-10(7)13-8-2-3-17-6-8/h4-5,8,13H,2-3,6H2,1H3. The third-order valence-corrected chi connectivity index (χ3v) is 3.08. The number of nitro benzene ring substituents is 1. The van der Waals surface area contributed by atoms with E-state index in [1.54, 1.807) is 6.07 Å². The van der Waals surface area contributed by atoms with Crippen molar-refractivity contribution in [2.24, 2.45) is 0 Å². The summed E-state index contributed by atoms with van der Waals surface area (Å²) in [5, 5.41) is 14.1. The number of halogens is 1. The van der Waals surface area contributed by atoms with Gasteiger partial charge in [0.25, 0.3) is 5.69 Å². The highest BCUT2D eigenvalue weighted by Crippen LogP contribution is 2.31. The van der Waals surface area contributed by atoms with Gasteiger partial charge in [-0.15, -0.1) is 0 Å². The van der Waals surface area contributed by atoms with Gasteiger partial charge in [0.2, 0.25) is 0 Å². The number of rotatable bonds is 3. The minimum atomic E-state index is -0.474. The molecule has 0 aromatic heterocycles. The molecule has 0 spiro atoms. The lowest BCUT2D eigenvalue weighted by Gasteiger charge is -2.14. The number of nitrogens with one attached hydrogen (secondary N) is 1. The van der Waals surface area contributed by atoms with Crippen molar-refractivity contribution in [3.8, 4) is 0 Å². The molecule has 17 heavy (non-hydrogen) atoms. The molecule has 0 aliphatic carbocycles. The molecule has 1 fully saturated rings. The van der Waals surface area contributed by atoms with Crippen LogP contribution in [0.2, 0.25) is 5.02 Å². The molecule has 1 aliphatic heterocycles. The Labute approximate surface area is 104 Å². The van der Waals surface area contributed by atoms with Crippen molar-refractivity contribution in [1.29, 1.82) is 0 Å². The lowest BCUT2D eigenvalue weighted by atomic mass is 10.1. The third kappa shape index (κ3) is 2.68. The van der Waals surface area contributed by atoms with Gasteiger partial charge in [-0.25, -0.2) is 0 Å². The zero-order valence-electron chi connectivity index (χ0n) is 9.40. The number of aryl methyl sites for hydroxylation is 1. The van der Waals surface area contributed by atoms with Crippen LogP contribution in [0, 0.1) is 17.0 Å². The maximum absolute atomic E-state index is 10.7. The molecule has 0 radical (unpaired) electrons. The predicted octanol–water partition coefficient (Wildman–Crippen LogP) is 2.76. The summed E-state index contributed by atoms with van der Waals surface area (Å²) in [6.45, 7) is 3.23. The molecule has 1 N–H and O–H groups in total. The highest BCUT2D eigenvalue weighted by molar-refractivity contribution is 6.33. The van der Waals surface area contributed by atoms with E-state index in [0.29, 0.717) is 6.61 Å². The first-order valence-electron chi connectivity index (χ1n) is 5.36. The van der Waals surface area contributed by atoms with Crippen molar-refractivity contribution in [2.75, 3.05) is 18.5 Å². The molecular weight excluding hydrogens is 244 g/mol. The van der Waals surface area contributed by atoms with Crippen LogP contribution in [0.1, 0.15) is 12.0 Å². The number of hydrogen-bond acceptors (Lipinski definition) is 4. The van der Waals surface area contributed by atoms with E-state index in [9.17, 15) is 10.1 Å². The van der Waals surface area contributed by atoms with Crippen LogP contribution >= 0.6 is 11.6 Å². The van der Waals surface area contributed by atoms with Crippen molar-refractivity contribution in [3.05, 3.63) is 32.8 Å². The SMILES string of the molecule is Cc1cc([N+](=O)[O-])c(Cl)cc1NC1CCOC1. The largest absolute Gasteiger partial charge is 0.380 e. The maximum Gasteiger partial charge on any atom is 0.288 e. The van der Waals surface area contributed by atoms with Gasteiger partial charge in [0.05, 0.1) is 17.6 Å². The van der Waals surface area contributed by atoms with Gasteiger partial charge < -0.3 is 10.1 Å². The van der Waals surface area contributed by atoms with Crippen LogP contribution in [0.15, 0.2) is 12.1 Å². The van der Waals surface area contributed by atoms with Gasteiger partial charge in [0.15, 0.2) is 0 Å². The van der Waals surface area contributed by atoms with Gasteiger partial charge in [-0.3, -0.25) is 10.1 Å². The lowest BCUT2D eigenvalue weighted by molar-refractivity contribution is -0.384. The van der Waals surface area contributed by atoms with Crippen LogP contribution in [-0.2, 0) is 4.74 Å². The van der Waals surface area contributed by atoms with Crippen LogP contribution in [0.5, 0.6) is 0 Å². The lowest BCUT2D eigenvalue weighted by Crippen LogP contribution is -2.19. The fourth-order valence-electron chi connectivity index (χ4n) is 1.83. The fraction of sp³-hybridized carbons (Fsp3) is 0.455. The molecule has 1 unspecified atom stereocenters. The smallest absolute Gasteiger partial charge is 0.288 e. The van der Waals surface area contributed by atoms with E-state index in [-0.39, 0.29) is 16.8 Å². The molecule has 1 aromatic rings. The molecule has 0 bridgehead atoms. The van der Waals surface area contributed by atoms with E-state index >= 15 is 0 Å². The highest BCUT2D eigenvalue weighted by Gasteiger charge is 2.19. The van der Waals surface area contributed by atoms with Crippen LogP contribution in [-0.4, -0.2) is 24.2 Å². The Kier molecular flexibility index (Phi) is 3.49. The summed E-state index contributed by atoms with van der Waals surface area (Å²) >= 11 is 5.87. The quantitative estimate of drug-likeness (QED) is 0.667. The van der Waals surface area contributed by atoms with Crippen molar-refractivity contribution < 1.29 is 9.66 Å². The van der Waals surface area contributed by atoms with E-state index in [1.165, 1.54) is 6.07 Å². The molecule has 0 amide bonds. The van der Waals surface area contributed by atoms with Crippen LogP contribution in [0.25, 0.3) is 0 Å². The van der Waals surface area contributed by atoms with Gasteiger partial charge in [0.1, 0.15) is 5.02 Å². The summed E-state index contributed by atoms with van der Waals surface area (Å²) in [7, 11) is 0. The van der Waals surface area contributed by atoms with Crippen molar-refractivity contribution >= 4 is 23.0 Å². The van der Waals surface area contributed by atoms with E-state index < -0.39 is 4.92 Å². The molecule has 1 heterocycles. The van der Waals surface area contributed by atoms with Gasteiger partial charge in [-0.05, 0) is 25.0 Å². The summed E-state index contributed by atoms with van der Waals surface area (Å²) in [4.78, 5) is 10.2. The number of nitrogens with zero attached hydrogens (tertiary/aromatic N) is 1. The Morgan fingerprint density at radius 1 is 1.59 bits per heavy atom. The predicted molar refractivity (Wildman–Crippen MR) is 65.7 cm³/mol. The first kappa shape index (κ1) is 12.1. The van der Waals surface area contributed by atoms with Gasteiger partial charge in [-0.2, -0.15) is 0 Å². The number of anilines is 1. The Bertz CT molecular complexity index is 445. The minimum Gasteiger partial charge on any atom is -0.380 e. The Hall–Kier alpha value is -1.33. The molecule has 1 aliphatic rings. The Balaban J connectivity index is 2.23.